The van der Waals surface area contributed by atoms with Crippen LogP contribution in [0.4, 0.5) is 4.39 Å². The third kappa shape index (κ3) is 2.84. The van der Waals surface area contributed by atoms with Crippen molar-refractivity contribution < 1.29 is 18.6 Å². The number of ether oxygens (including phenoxy) is 3. The summed E-state index contributed by atoms with van der Waals surface area (Å²) in [6.45, 7) is 0.798. The predicted molar refractivity (Wildman–Crippen MR) is 86.0 cm³/mol. The van der Waals surface area contributed by atoms with Gasteiger partial charge in [0.05, 0.1) is 27.4 Å². The summed E-state index contributed by atoms with van der Waals surface area (Å²) in [7, 11) is 4.83. The largest absolute Gasteiger partial charge is 0.496 e. The van der Waals surface area contributed by atoms with E-state index in [1.165, 1.54) is 12.1 Å². The Kier molecular flexibility index (Phi) is 4.39. The van der Waals surface area contributed by atoms with Crippen LogP contribution in [0.3, 0.4) is 0 Å². The average Bonchev–Trinajstić information content (AvgIpc) is 2.59. The molecule has 1 atom stereocenters. The molecule has 0 spiro atoms. The molecule has 1 heterocycles. The van der Waals surface area contributed by atoms with Crippen LogP contribution in [0.25, 0.3) is 0 Å². The maximum Gasteiger partial charge on any atom is 0.161 e. The fraction of sp³-hybridized carbons (Fsp3) is 0.333. The number of nitrogens with one attached hydrogen (secondary N) is 1. The molecule has 1 aliphatic rings. The van der Waals surface area contributed by atoms with E-state index in [9.17, 15) is 4.39 Å². The lowest BCUT2D eigenvalue weighted by Gasteiger charge is -2.29. The first-order chi connectivity index (χ1) is 11.2. The zero-order valence-corrected chi connectivity index (χ0v) is 13.5. The van der Waals surface area contributed by atoms with Gasteiger partial charge >= 0.3 is 0 Å². The second kappa shape index (κ2) is 6.46. The second-order valence-electron chi connectivity index (χ2n) is 5.43. The summed E-state index contributed by atoms with van der Waals surface area (Å²) >= 11 is 0. The van der Waals surface area contributed by atoms with E-state index in [1.807, 2.05) is 12.1 Å². The fourth-order valence-electron chi connectivity index (χ4n) is 3.09. The summed E-state index contributed by atoms with van der Waals surface area (Å²) in [4.78, 5) is 0. The van der Waals surface area contributed by atoms with E-state index < -0.39 is 0 Å². The summed E-state index contributed by atoms with van der Waals surface area (Å²) in [6, 6.07) is 8.37. The highest BCUT2D eigenvalue weighted by Gasteiger charge is 2.26. The molecule has 0 aromatic heterocycles. The van der Waals surface area contributed by atoms with Gasteiger partial charge in [0.1, 0.15) is 11.6 Å². The Morgan fingerprint density at radius 3 is 2.30 bits per heavy atom. The van der Waals surface area contributed by atoms with Gasteiger partial charge in [-0.25, -0.2) is 4.39 Å². The molecule has 122 valence electrons. The summed E-state index contributed by atoms with van der Waals surface area (Å²) in [5, 5.41) is 3.44. The molecule has 0 saturated heterocycles. The standard InChI is InChI=1S/C18H20FNO3/c1-21-15-5-4-12(19)9-14(15)18-13-10-17(23-3)16(22-2)8-11(13)6-7-20-18/h4-5,8-10,18,20H,6-7H2,1-3H3. The first kappa shape index (κ1) is 15.6. The Morgan fingerprint density at radius 2 is 1.61 bits per heavy atom. The van der Waals surface area contributed by atoms with Crippen LogP contribution in [0.5, 0.6) is 17.2 Å². The van der Waals surface area contributed by atoms with Crippen molar-refractivity contribution in [2.24, 2.45) is 0 Å². The van der Waals surface area contributed by atoms with Crippen LogP contribution in [0.2, 0.25) is 0 Å². The van der Waals surface area contributed by atoms with Crippen molar-refractivity contribution in [2.45, 2.75) is 12.5 Å². The predicted octanol–water partition coefficient (Wildman–Crippen LogP) is 3.09. The van der Waals surface area contributed by atoms with Crippen molar-refractivity contribution in [3.05, 3.63) is 52.8 Å². The van der Waals surface area contributed by atoms with Crippen LogP contribution >= 0.6 is 0 Å². The minimum Gasteiger partial charge on any atom is -0.496 e. The Balaban J connectivity index is 2.13. The highest BCUT2D eigenvalue weighted by atomic mass is 19.1. The zero-order chi connectivity index (χ0) is 16.4. The van der Waals surface area contributed by atoms with Gasteiger partial charge in [-0.05, 0) is 47.9 Å². The Hall–Kier alpha value is -2.27. The molecule has 0 radical (unpaired) electrons. The Morgan fingerprint density at radius 1 is 0.913 bits per heavy atom. The van der Waals surface area contributed by atoms with E-state index in [0.29, 0.717) is 17.2 Å². The molecular weight excluding hydrogens is 297 g/mol. The van der Waals surface area contributed by atoms with Gasteiger partial charge < -0.3 is 19.5 Å². The molecule has 1 unspecified atom stereocenters. The maximum absolute atomic E-state index is 13.8. The smallest absolute Gasteiger partial charge is 0.161 e. The molecule has 23 heavy (non-hydrogen) atoms. The molecule has 2 aromatic rings. The van der Waals surface area contributed by atoms with Crippen LogP contribution in [0.1, 0.15) is 22.7 Å². The molecular formula is C18H20FNO3. The summed E-state index contributed by atoms with van der Waals surface area (Å²) in [6.07, 6.45) is 0.879. The van der Waals surface area contributed by atoms with Crippen LogP contribution in [0.15, 0.2) is 30.3 Å². The van der Waals surface area contributed by atoms with Gasteiger partial charge in [-0.2, -0.15) is 0 Å². The lowest BCUT2D eigenvalue weighted by Crippen LogP contribution is -2.31. The number of fused-ring (bicyclic) bond motifs is 1. The molecule has 2 aromatic carbocycles. The topological polar surface area (TPSA) is 39.7 Å². The molecule has 0 amide bonds. The minimum absolute atomic E-state index is 0.149. The molecule has 0 fully saturated rings. The monoisotopic (exact) mass is 317 g/mol. The van der Waals surface area contributed by atoms with Gasteiger partial charge in [0.15, 0.2) is 11.5 Å². The summed E-state index contributed by atoms with van der Waals surface area (Å²) < 4.78 is 29.9. The Bertz CT molecular complexity index is 718. The van der Waals surface area contributed by atoms with Gasteiger partial charge in [-0.1, -0.05) is 0 Å². The van der Waals surface area contributed by atoms with Gasteiger partial charge in [-0.3, -0.25) is 0 Å². The van der Waals surface area contributed by atoms with Crippen molar-refractivity contribution in [3.8, 4) is 17.2 Å². The third-order valence-electron chi connectivity index (χ3n) is 4.20. The van der Waals surface area contributed by atoms with Gasteiger partial charge in [0.25, 0.3) is 0 Å². The molecule has 4 nitrogen and oxygen atoms in total. The van der Waals surface area contributed by atoms with Crippen molar-refractivity contribution in [3.63, 3.8) is 0 Å². The number of rotatable bonds is 4. The third-order valence-corrected chi connectivity index (χ3v) is 4.20. The quantitative estimate of drug-likeness (QED) is 0.941. The molecule has 0 aliphatic carbocycles. The number of methoxy groups -OCH3 is 3. The maximum atomic E-state index is 13.8. The SMILES string of the molecule is COc1cc2c(cc1OC)C(c1cc(F)ccc1OC)NCC2. The molecule has 1 aliphatic heterocycles. The van der Waals surface area contributed by atoms with E-state index >= 15 is 0 Å². The average molecular weight is 317 g/mol. The lowest BCUT2D eigenvalue weighted by atomic mass is 9.89. The fourth-order valence-corrected chi connectivity index (χ4v) is 3.09. The van der Waals surface area contributed by atoms with Crippen molar-refractivity contribution in [2.75, 3.05) is 27.9 Å². The van der Waals surface area contributed by atoms with E-state index in [2.05, 4.69) is 5.32 Å². The first-order valence-corrected chi connectivity index (χ1v) is 7.49. The summed E-state index contributed by atoms with van der Waals surface area (Å²) in [5.41, 5.74) is 3.00. The highest BCUT2D eigenvalue weighted by molar-refractivity contribution is 5.53. The Labute approximate surface area is 135 Å². The molecule has 0 saturated carbocycles. The van der Waals surface area contributed by atoms with E-state index in [4.69, 9.17) is 14.2 Å². The van der Waals surface area contributed by atoms with Crippen LogP contribution in [0, 0.1) is 5.82 Å². The zero-order valence-electron chi connectivity index (χ0n) is 13.5. The molecule has 1 N–H and O–H groups in total. The van der Waals surface area contributed by atoms with E-state index in [-0.39, 0.29) is 11.9 Å². The van der Waals surface area contributed by atoms with E-state index in [0.717, 1.165) is 29.7 Å². The molecule has 0 bridgehead atoms. The van der Waals surface area contributed by atoms with Gasteiger partial charge in [0.2, 0.25) is 0 Å². The lowest BCUT2D eigenvalue weighted by molar-refractivity contribution is 0.352. The van der Waals surface area contributed by atoms with Crippen LogP contribution < -0.4 is 19.5 Å². The minimum atomic E-state index is -0.282. The molecule has 5 heteroatoms. The van der Waals surface area contributed by atoms with Crippen molar-refractivity contribution in [1.82, 2.24) is 5.32 Å². The van der Waals surface area contributed by atoms with E-state index in [1.54, 1.807) is 27.4 Å². The van der Waals surface area contributed by atoms with Crippen molar-refractivity contribution in [1.29, 1.82) is 0 Å². The highest BCUT2D eigenvalue weighted by Crippen LogP contribution is 2.39. The first-order valence-electron chi connectivity index (χ1n) is 7.49. The number of benzene rings is 2. The number of hydrogen-bond acceptors (Lipinski definition) is 4. The number of halogens is 1. The number of hydrogen-bond donors (Lipinski definition) is 1. The van der Waals surface area contributed by atoms with Gasteiger partial charge in [-0.15, -0.1) is 0 Å². The second-order valence-corrected chi connectivity index (χ2v) is 5.43. The van der Waals surface area contributed by atoms with Crippen molar-refractivity contribution >= 4 is 0 Å². The molecule has 3 rings (SSSR count). The van der Waals surface area contributed by atoms with Gasteiger partial charge in [0, 0.05) is 12.1 Å². The van der Waals surface area contributed by atoms with Crippen LogP contribution in [-0.2, 0) is 6.42 Å². The van der Waals surface area contributed by atoms with Crippen LogP contribution in [-0.4, -0.2) is 27.9 Å². The normalized spacial score (nSPS) is 16.6. The summed E-state index contributed by atoms with van der Waals surface area (Å²) in [5.74, 6) is 1.75.